The van der Waals surface area contributed by atoms with E-state index in [0.29, 0.717) is 11.7 Å². The van der Waals surface area contributed by atoms with Gasteiger partial charge in [0.15, 0.2) is 0 Å². The van der Waals surface area contributed by atoms with Gasteiger partial charge >= 0.3 is 12.1 Å². The number of halogens is 3. The number of nitrogens with one attached hydrogen (secondary N) is 2. The second-order valence-corrected chi connectivity index (χ2v) is 6.68. The van der Waals surface area contributed by atoms with Gasteiger partial charge in [0.25, 0.3) is 5.89 Å². The lowest BCUT2D eigenvalue weighted by atomic mass is 9.95. The molecule has 9 nitrogen and oxygen atoms in total. The second kappa shape index (κ2) is 8.22. The number of hydrogen-bond donors (Lipinski definition) is 3. The SMILES string of the molecule is Cc1n[nH]c(C)c1-c1nc(-c2c(C)ncc3c2CCNC3)no1.O=C(O)C(F)(F)F. The number of aromatic nitrogens is 5. The fourth-order valence-corrected chi connectivity index (χ4v) is 3.16. The monoisotopic (exact) mass is 424 g/mol. The molecule has 160 valence electrons. The summed E-state index contributed by atoms with van der Waals surface area (Å²) in [5, 5.41) is 21.8. The number of aliphatic carboxylic acids is 1. The number of hydrogen-bond acceptors (Lipinski definition) is 7. The number of aryl methyl sites for hydroxylation is 3. The summed E-state index contributed by atoms with van der Waals surface area (Å²) in [6, 6.07) is 0. The fraction of sp³-hybridized carbons (Fsp3) is 0.389. The minimum absolute atomic E-state index is 0.495. The smallest absolute Gasteiger partial charge is 0.475 e. The van der Waals surface area contributed by atoms with Crippen molar-refractivity contribution in [3.63, 3.8) is 0 Å². The highest BCUT2D eigenvalue weighted by Gasteiger charge is 2.38. The predicted molar refractivity (Wildman–Crippen MR) is 98.4 cm³/mol. The van der Waals surface area contributed by atoms with Crippen LogP contribution in [0.25, 0.3) is 22.8 Å². The van der Waals surface area contributed by atoms with Crippen LogP contribution < -0.4 is 5.32 Å². The van der Waals surface area contributed by atoms with Gasteiger partial charge in [-0.15, -0.1) is 0 Å². The molecule has 0 unspecified atom stereocenters. The number of alkyl halides is 3. The van der Waals surface area contributed by atoms with Crippen LogP contribution >= 0.6 is 0 Å². The largest absolute Gasteiger partial charge is 0.490 e. The molecule has 1 aliphatic rings. The molecule has 0 fully saturated rings. The molecular formula is C18H19F3N6O3. The Kier molecular flexibility index (Phi) is 5.87. The van der Waals surface area contributed by atoms with Crippen molar-refractivity contribution in [3.8, 4) is 22.8 Å². The number of nitrogens with zero attached hydrogens (tertiary/aromatic N) is 4. The van der Waals surface area contributed by atoms with Crippen LogP contribution in [0.1, 0.15) is 28.2 Å². The van der Waals surface area contributed by atoms with E-state index in [4.69, 9.17) is 14.4 Å². The van der Waals surface area contributed by atoms with Crippen LogP contribution in [0.4, 0.5) is 13.2 Å². The average Bonchev–Trinajstić information content (AvgIpc) is 3.27. The summed E-state index contributed by atoms with van der Waals surface area (Å²) in [5.41, 5.74) is 7.05. The van der Waals surface area contributed by atoms with E-state index in [1.54, 1.807) is 0 Å². The molecule has 0 atom stereocenters. The Hall–Kier alpha value is -3.28. The van der Waals surface area contributed by atoms with Crippen LogP contribution in [0.5, 0.6) is 0 Å². The molecule has 0 saturated carbocycles. The van der Waals surface area contributed by atoms with E-state index in [1.165, 1.54) is 11.1 Å². The Morgan fingerprint density at radius 2 is 1.90 bits per heavy atom. The van der Waals surface area contributed by atoms with Crippen molar-refractivity contribution in [2.24, 2.45) is 0 Å². The number of fused-ring (bicyclic) bond motifs is 1. The molecule has 0 aliphatic carbocycles. The molecule has 0 saturated heterocycles. The summed E-state index contributed by atoms with van der Waals surface area (Å²) >= 11 is 0. The van der Waals surface area contributed by atoms with E-state index < -0.39 is 12.1 Å². The first-order chi connectivity index (χ1) is 14.1. The highest BCUT2D eigenvalue weighted by Crippen LogP contribution is 2.31. The molecule has 0 bridgehead atoms. The van der Waals surface area contributed by atoms with Crippen LogP contribution in [0.3, 0.4) is 0 Å². The van der Waals surface area contributed by atoms with Gasteiger partial charge in [-0.05, 0) is 44.9 Å². The number of aromatic amines is 1. The number of carboxylic acids is 1. The standard InChI is InChI=1S/C16H18N6O.C2HF3O2/c1-8-14(12-4-5-17-6-11(12)7-18-8)15-19-16(23-22-15)13-9(2)20-21-10(13)3;3-2(4,5)1(6)7/h7,17H,4-6H2,1-3H3,(H,20,21);(H,6,7). The highest BCUT2D eigenvalue weighted by atomic mass is 19.4. The first-order valence-electron chi connectivity index (χ1n) is 8.93. The highest BCUT2D eigenvalue weighted by molar-refractivity contribution is 5.73. The van der Waals surface area contributed by atoms with Gasteiger partial charge in [0, 0.05) is 29.7 Å². The van der Waals surface area contributed by atoms with E-state index in [1.807, 2.05) is 27.0 Å². The van der Waals surface area contributed by atoms with E-state index in [-0.39, 0.29) is 0 Å². The summed E-state index contributed by atoms with van der Waals surface area (Å²) in [4.78, 5) is 18.0. The van der Waals surface area contributed by atoms with Crippen molar-refractivity contribution in [1.29, 1.82) is 0 Å². The Morgan fingerprint density at radius 1 is 1.20 bits per heavy atom. The predicted octanol–water partition coefficient (Wildman–Crippen LogP) is 2.73. The Morgan fingerprint density at radius 3 is 2.50 bits per heavy atom. The molecule has 3 aromatic heterocycles. The van der Waals surface area contributed by atoms with Crippen molar-refractivity contribution in [1.82, 2.24) is 30.6 Å². The Balaban J connectivity index is 0.000000318. The molecule has 12 heteroatoms. The minimum Gasteiger partial charge on any atom is -0.475 e. The summed E-state index contributed by atoms with van der Waals surface area (Å²) in [6.07, 6.45) is -2.20. The van der Waals surface area contributed by atoms with Crippen LogP contribution in [0.15, 0.2) is 10.7 Å². The first-order valence-corrected chi connectivity index (χ1v) is 8.93. The second-order valence-electron chi connectivity index (χ2n) is 6.68. The lowest BCUT2D eigenvalue weighted by molar-refractivity contribution is -0.192. The molecule has 1 aliphatic heterocycles. The van der Waals surface area contributed by atoms with Crippen molar-refractivity contribution in [3.05, 3.63) is 34.4 Å². The van der Waals surface area contributed by atoms with Crippen LogP contribution in [0, 0.1) is 20.8 Å². The Bertz CT molecular complexity index is 1050. The van der Waals surface area contributed by atoms with E-state index in [9.17, 15) is 13.2 Å². The summed E-state index contributed by atoms with van der Waals surface area (Å²) in [7, 11) is 0. The maximum Gasteiger partial charge on any atom is 0.490 e. The van der Waals surface area contributed by atoms with Crippen molar-refractivity contribution < 1.29 is 27.6 Å². The van der Waals surface area contributed by atoms with E-state index >= 15 is 0 Å². The first kappa shape index (κ1) is 21.4. The Labute approximate surface area is 168 Å². The van der Waals surface area contributed by atoms with Gasteiger partial charge in [0.05, 0.1) is 11.3 Å². The normalized spacial score (nSPS) is 13.4. The maximum atomic E-state index is 10.6. The molecule has 4 rings (SSSR count). The maximum absolute atomic E-state index is 10.6. The number of carbonyl (C=O) groups is 1. The van der Waals surface area contributed by atoms with E-state index in [0.717, 1.165) is 47.7 Å². The topological polar surface area (TPSA) is 130 Å². The number of H-pyrrole nitrogens is 1. The lowest BCUT2D eigenvalue weighted by Crippen LogP contribution is -2.24. The van der Waals surface area contributed by atoms with Gasteiger partial charge in [-0.1, -0.05) is 5.16 Å². The van der Waals surface area contributed by atoms with Gasteiger partial charge in [-0.2, -0.15) is 23.3 Å². The average molecular weight is 424 g/mol. The van der Waals surface area contributed by atoms with E-state index in [2.05, 4.69) is 30.6 Å². The van der Waals surface area contributed by atoms with Crippen molar-refractivity contribution in [2.45, 2.75) is 39.9 Å². The van der Waals surface area contributed by atoms with Crippen LogP contribution in [-0.4, -0.2) is 49.1 Å². The molecule has 0 radical (unpaired) electrons. The van der Waals surface area contributed by atoms with Gasteiger partial charge in [0.1, 0.15) is 0 Å². The fourth-order valence-electron chi connectivity index (χ4n) is 3.16. The number of carboxylic acid groups (broad SMARTS) is 1. The number of rotatable bonds is 2. The summed E-state index contributed by atoms with van der Waals surface area (Å²) in [6.45, 7) is 7.64. The van der Waals surface area contributed by atoms with Crippen LogP contribution in [0.2, 0.25) is 0 Å². The molecule has 0 spiro atoms. The summed E-state index contributed by atoms with van der Waals surface area (Å²) < 4.78 is 37.2. The van der Waals surface area contributed by atoms with Gasteiger partial charge in [0.2, 0.25) is 5.82 Å². The number of pyridine rings is 1. The zero-order chi connectivity index (χ0) is 22.1. The third-order valence-corrected chi connectivity index (χ3v) is 4.57. The summed E-state index contributed by atoms with van der Waals surface area (Å²) in [5.74, 6) is -1.66. The third kappa shape index (κ3) is 4.32. The zero-order valence-electron chi connectivity index (χ0n) is 16.4. The minimum atomic E-state index is -5.08. The lowest BCUT2D eigenvalue weighted by Gasteiger charge is -2.19. The molecule has 3 aromatic rings. The molecule has 30 heavy (non-hydrogen) atoms. The third-order valence-electron chi connectivity index (χ3n) is 4.57. The van der Waals surface area contributed by atoms with Gasteiger partial charge < -0.3 is 14.9 Å². The van der Waals surface area contributed by atoms with Crippen LogP contribution in [-0.2, 0) is 17.8 Å². The van der Waals surface area contributed by atoms with Gasteiger partial charge in [-0.3, -0.25) is 10.1 Å². The van der Waals surface area contributed by atoms with Crippen molar-refractivity contribution in [2.75, 3.05) is 6.54 Å². The molecule has 4 heterocycles. The molecule has 0 aromatic carbocycles. The quantitative estimate of drug-likeness (QED) is 0.573. The molecule has 0 amide bonds. The molecular weight excluding hydrogens is 405 g/mol. The van der Waals surface area contributed by atoms with Gasteiger partial charge in [-0.25, -0.2) is 4.79 Å². The molecule has 3 N–H and O–H groups in total. The van der Waals surface area contributed by atoms with Crippen molar-refractivity contribution >= 4 is 5.97 Å². The zero-order valence-corrected chi connectivity index (χ0v) is 16.4.